The van der Waals surface area contributed by atoms with E-state index in [1.165, 1.54) is 6.07 Å². The van der Waals surface area contributed by atoms with Gasteiger partial charge in [-0.1, -0.05) is 13.8 Å². The Morgan fingerprint density at radius 2 is 2.09 bits per heavy atom. The topological polar surface area (TPSA) is 56.2 Å². The Morgan fingerprint density at radius 1 is 1.30 bits per heavy atom. The van der Waals surface area contributed by atoms with Crippen LogP contribution in [0.5, 0.6) is 5.88 Å². The Labute approximate surface area is 133 Å². The molecule has 1 aromatic carbocycles. The Kier molecular flexibility index (Phi) is 5.67. The number of aromatic nitrogens is 2. The maximum absolute atomic E-state index is 13.6. The number of benzene rings is 1. The summed E-state index contributed by atoms with van der Waals surface area (Å²) in [4.78, 5) is 12.3. The van der Waals surface area contributed by atoms with Crippen LogP contribution in [0.3, 0.4) is 0 Å². The summed E-state index contributed by atoms with van der Waals surface area (Å²) in [5.41, 5.74) is 0.122. The second kappa shape index (κ2) is 7.71. The van der Waals surface area contributed by atoms with E-state index in [0.717, 1.165) is 18.9 Å². The van der Waals surface area contributed by atoms with Crippen molar-refractivity contribution in [3.63, 3.8) is 0 Å². The number of carbonyl (C=O) groups is 1. The lowest BCUT2D eigenvalue weighted by molar-refractivity contribution is 0.102. The molecule has 0 spiro atoms. The predicted octanol–water partition coefficient (Wildman–Crippen LogP) is 3.61. The minimum Gasteiger partial charge on any atom is -0.476 e. The molecule has 0 saturated heterocycles. The molecule has 5 nitrogen and oxygen atoms in total. The fourth-order valence-corrected chi connectivity index (χ4v) is 1.99. The number of hydrogen-bond acceptors (Lipinski definition) is 3. The van der Waals surface area contributed by atoms with Crippen molar-refractivity contribution >= 4 is 11.6 Å². The molecule has 23 heavy (non-hydrogen) atoms. The molecule has 1 N–H and O–H groups in total. The fourth-order valence-electron chi connectivity index (χ4n) is 1.99. The smallest absolute Gasteiger partial charge is 0.262 e. The second-order valence-electron chi connectivity index (χ2n) is 5.04. The highest BCUT2D eigenvalue weighted by Crippen LogP contribution is 2.21. The first kappa shape index (κ1) is 16.9. The molecule has 0 saturated carbocycles. The molecule has 1 heterocycles. The first-order chi connectivity index (χ1) is 11.0. The number of hydrogen-bond donors (Lipinski definition) is 1. The Hall–Kier alpha value is -2.44. The van der Waals surface area contributed by atoms with Gasteiger partial charge in [0.2, 0.25) is 5.88 Å². The summed E-state index contributed by atoms with van der Waals surface area (Å²) in [5, 5.41) is 6.63. The summed E-state index contributed by atoms with van der Waals surface area (Å²) >= 11 is 0. The van der Waals surface area contributed by atoms with Crippen LogP contribution in [0.15, 0.2) is 24.4 Å². The normalized spacial score (nSPS) is 10.6. The number of nitrogens with zero attached hydrogens (tertiary/aromatic N) is 2. The minimum atomic E-state index is -0.838. The predicted molar refractivity (Wildman–Crippen MR) is 82.6 cm³/mol. The molecule has 0 unspecified atom stereocenters. The lowest BCUT2D eigenvalue weighted by Crippen LogP contribution is -2.14. The number of amides is 1. The maximum Gasteiger partial charge on any atom is 0.262 e. The molecule has 1 amide bonds. The first-order valence-electron chi connectivity index (χ1n) is 7.51. The third-order valence-corrected chi connectivity index (χ3v) is 3.05. The number of anilines is 1. The highest BCUT2D eigenvalue weighted by Gasteiger charge is 2.19. The van der Waals surface area contributed by atoms with Crippen molar-refractivity contribution in [2.45, 2.75) is 33.2 Å². The van der Waals surface area contributed by atoms with Crippen LogP contribution in [0, 0.1) is 11.6 Å². The molecule has 0 fully saturated rings. The summed E-state index contributed by atoms with van der Waals surface area (Å²) in [6, 6.07) is 2.96. The van der Waals surface area contributed by atoms with Crippen LogP contribution in [-0.4, -0.2) is 22.3 Å². The van der Waals surface area contributed by atoms with E-state index in [1.807, 2.05) is 13.8 Å². The van der Waals surface area contributed by atoms with Crippen LogP contribution in [0.2, 0.25) is 0 Å². The molecule has 1 aromatic heterocycles. The van der Waals surface area contributed by atoms with E-state index in [4.69, 9.17) is 4.74 Å². The van der Waals surface area contributed by atoms with E-state index in [-0.39, 0.29) is 17.1 Å². The van der Waals surface area contributed by atoms with Gasteiger partial charge in [-0.15, -0.1) is 5.10 Å². The second-order valence-corrected chi connectivity index (χ2v) is 5.04. The third-order valence-electron chi connectivity index (χ3n) is 3.05. The summed E-state index contributed by atoms with van der Waals surface area (Å²) in [7, 11) is 0. The van der Waals surface area contributed by atoms with E-state index in [9.17, 15) is 13.6 Å². The van der Waals surface area contributed by atoms with E-state index in [2.05, 4.69) is 10.4 Å². The SMILES string of the molecule is CCCOc1nn(CCC)cc1C(=O)Nc1ccc(F)cc1F. The molecule has 2 aromatic rings. The number of carbonyl (C=O) groups excluding carboxylic acids is 1. The van der Waals surface area contributed by atoms with E-state index in [1.54, 1.807) is 10.9 Å². The van der Waals surface area contributed by atoms with Crippen LogP contribution in [-0.2, 0) is 6.54 Å². The van der Waals surface area contributed by atoms with Crippen molar-refractivity contribution in [3.8, 4) is 5.88 Å². The fraction of sp³-hybridized carbons (Fsp3) is 0.375. The van der Waals surface area contributed by atoms with Gasteiger partial charge >= 0.3 is 0 Å². The Morgan fingerprint density at radius 3 is 2.74 bits per heavy atom. The van der Waals surface area contributed by atoms with Gasteiger partial charge in [-0.3, -0.25) is 9.48 Å². The molecule has 0 aliphatic carbocycles. The Bertz CT molecular complexity index is 686. The summed E-state index contributed by atoms with van der Waals surface area (Å²) in [5.74, 6) is -1.89. The van der Waals surface area contributed by atoms with E-state index in [0.29, 0.717) is 19.2 Å². The summed E-state index contributed by atoms with van der Waals surface area (Å²) < 4.78 is 33.6. The van der Waals surface area contributed by atoms with Crippen molar-refractivity contribution in [2.24, 2.45) is 0 Å². The van der Waals surface area contributed by atoms with Gasteiger partial charge < -0.3 is 10.1 Å². The zero-order valence-corrected chi connectivity index (χ0v) is 13.1. The van der Waals surface area contributed by atoms with Gasteiger partial charge in [0.1, 0.15) is 17.2 Å². The maximum atomic E-state index is 13.6. The molecule has 2 rings (SSSR count). The first-order valence-corrected chi connectivity index (χ1v) is 7.51. The standard InChI is InChI=1S/C16H19F2N3O2/c1-3-7-21-10-12(16(20-21)23-8-4-2)15(22)19-14-6-5-11(17)9-13(14)18/h5-6,9-10H,3-4,7-8H2,1-2H3,(H,19,22). The van der Waals surface area contributed by atoms with Gasteiger partial charge in [0.25, 0.3) is 5.91 Å². The van der Waals surface area contributed by atoms with Gasteiger partial charge in [-0.05, 0) is 25.0 Å². The molecule has 0 aliphatic heterocycles. The number of aryl methyl sites for hydroxylation is 1. The zero-order chi connectivity index (χ0) is 16.8. The number of rotatable bonds is 7. The minimum absolute atomic E-state index is 0.0962. The van der Waals surface area contributed by atoms with E-state index >= 15 is 0 Å². The van der Waals surface area contributed by atoms with Crippen molar-refractivity contribution in [1.82, 2.24) is 9.78 Å². The van der Waals surface area contributed by atoms with Gasteiger partial charge in [-0.25, -0.2) is 8.78 Å². The van der Waals surface area contributed by atoms with Crippen molar-refractivity contribution in [3.05, 3.63) is 41.6 Å². The van der Waals surface area contributed by atoms with Gasteiger partial charge in [0, 0.05) is 18.8 Å². The quantitative estimate of drug-likeness (QED) is 0.847. The number of halogens is 2. The number of ether oxygens (including phenoxy) is 1. The largest absolute Gasteiger partial charge is 0.476 e. The van der Waals surface area contributed by atoms with Gasteiger partial charge in [0.05, 0.1) is 12.3 Å². The lowest BCUT2D eigenvalue weighted by Gasteiger charge is -2.07. The zero-order valence-electron chi connectivity index (χ0n) is 13.1. The summed E-state index contributed by atoms with van der Waals surface area (Å²) in [6.45, 7) is 4.99. The van der Waals surface area contributed by atoms with Crippen LogP contribution >= 0.6 is 0 Å². The molecule has 0 aliphatic rings. The Balaban J connectivity index is 2.22. The average molecular weight is 323 g/mol. The molecule has 0 bridgehead atoms. The van der Waals surface area contributed by atoms with E-state index < -0.39 is 17.5 Å². The van der Waals surface area contributed by atoms with Crippen LogP contribution < -0.4 is 10.1 Å². The molecule has 124 valence electrons. The monoisotopic (exact) mass is 323 g/mol. The van der Waals surface area contributed by atoms with Crippen LogP contribution in [0.4, 0.5) is 14.5 Å². The average Bonchev–Trinajstić information content (AvgIpc) is 2.91. The number of nitrogens with one attached hydrogen (secondary N) is 1. The summed E-state index contributed by atoms with van der Waals surface area (Å²) in [6.07, 6.45) is 3.18. The highest BCUT2D eigenvalue weighted by atomic mass is 19.1. The molecular formula is C16H19F2N3O2. The van der Waals surface area contributed by atoms with Gasteiger partial charge in [0.15, 0.2) is 0 Å². The van der Waals surface area contributed by atoms with Crippen molar-refractivity contribution in [2.75, 3.05) is 11.9 Å². The van der Waals surface area contributed by atoms with Gasteiger partial charge in [-0.2, -0.15) is 0 Å². The van der Waals surface area contributed by atoms with Crippen molar-refractivity contribution < 1.29 is 18.3 Å². The van der Waals surface area contributed by atoms with Crippen LogP contribution in [0.25, 0.3) is 0 Å². The third kappa shape index (κ3) is 4.28. The molecule has 0 radical (unpaired) electrons. The molecule has 7 heteroatoms. The molecular weight excluding hydrogens is 304 g/mol. The van der Waals surface area contributed by atoms with Crippen LogP contribution in [0.1, 0.15) is 37.0 Å². The lowest BCUT2D eigenvalue weighted by atomic mass is 10.2. The highest BCUT2D eigenvalue weighted by molar-refractivity contribution is 6.05. The van der Waals surface area contributed by atoms with Crippen molar-refractivity contribution in [1.29, 1.82) is 0 Å². The molecule has 0 atom stereocenters.